The second kappa shape index (κ2) is 7.14. The van der Waals surface area contributed by atoms with E-state index in [1.165, 1.54) is 22.2 Å². The molecule has 0 unspecified atom stereocenters. The second-order valence-corrected chi connectivity index (χ2v) is 7.56. The molecule has 5 aromatic rings. The first-order valence-electron chi connectivity index (χ1n) is 9.44. The van der Waals surface area contributed by atoms with Crippen molar-refractivity contribution in [2.75, 3.05) is 5.32 Å². The zero-order valence-corrected chi connectivity index (χ0v) is 16.6. The van der Waals surface area contributed by atoms with Gasteiger partial charge in [-0.1, -0.05) is 24.3 Å². The number of hydrogen-bond donors (Lipinski definition) is 1. The number of aryl methyl sites for hydroxylation is 1. The average molecular weight is 398 g/mol. The summed E-state index contributed by atoms with van der Waals surface area (Å²) in [7, 11) is 0. The Kier molecular flexibility index (Phi) is 4.33. The Morgan fingerprint density at radius 1 is 1.03 bits per heavy atom. The minimum atomic E-state index is -0.220. The predicted molar refractivity (Wildman–Crippen MR) is 118 cm³/mol. The molecule has 0 aliphatic heterocycles. The second-order valence-electron chi connectivity index (χ2n) is 6.70. The van der Waals surface area contributed by atoms with Gasteiger partial charge in [-0.2, -0.15) is 0 Å². The van der Waals surface area contributed by atoms with Crippen LogP contribution in [0.25, 0.3) is 32.5 Å². The van der Waals surface area contributed by atoms with Gasteiger partial charge < -0.3 is 9.88 Å². The van der Waals surface area contributed by atoms with Crippen LogP contribution >= 0.6 is 11.3 Å². The van der Waals surface area contributed by atoms with Gasteiger partial charge in [0.15, 0.2) is 0 Å². The smallest absolute Gasteiger partial charge is 0.275 e. The Hall–Kier alpha value is -3.51. The van der Waals surface area contributed by atoms with E-state index in [1.54, 1.807) is 11.6 Å². The summed E-state index contributed by atoms with van der Waals surface area (Å²) < 4.78 is 2.29. The summed E-state index contributed by atoms with van der Waals surface area (Å²) in [6, 6.07) is 20.0. The first-order valence-corrected chi connectivity index (χ1v) is 10.3. The maximum atomic E-state index is 12.7. The lowest BCUT2D eigenvalue weighted by atomic mass is 10.1. The number of amides is 1. The third-order valence-corrected chi connectivity index (χ3v) is 5.83. The van der Waals surface area contributed by atoms with Crippen LogP contribution in [0.15, 0.2) is 72.2 Å². The quantitative estimate of drug-likeness (QED) is 0.430. The summed E-state index contributed by atoms with van der Waals surface area (Å²) in [4.78, 5) is 21.5. The number of pyridine rings is 1. The van der Waals surface area contributed by atoms with Gasteiger partial charge in [0.25, 0.3) is 5.91 Å². The van der Waals surface area contributed by atoms with Crippen LogP contribution in [-0.2, 0) is 6.54 Å². The number of hydrogen-bond acceptors (Lipinski definition) is 4. The molecule has 1 amide bonds. The molecule has 0 bridgehead atoms. The summed E-state index contributed by atoms with van der Waals surface area (Å²) in [5, 5.41) is 7.80. The van der Waals surface area contributed by atoms with Crippen LogP contribution in [0, 0.1) is 0 Å². The molecule has 0 atom stereocenters. The number of aromatic nitrogens is 3. The van der Waals surface area contributed by atoms with Crippen LogP contribution < -0.4 is 5.32 Å². The van der Waals surface area contributed by atoms with Gasteiger partial charge in [0.05, 0.1) is 5.69 Å². The molecule has 0 aliphatic carbocycles. The van der Waals surface area contributed by atoms with Crippen molar-refractivity contribution in [2.24, 2.45) is 0 Å². The van der Waals surface area contributed by atoms with Gasteiger partial charge in [0.1, 0.15) is 10.7 Å². The molecule has 5 nitrogen and oxygen atoms in total. The lowest BCUT2D eigenvalue weighted by molar-refractivity contribution is 0.102. The minimum Gasteiger partial charge on any atom is -0.341 e. The number of anilines is 1. The third-order valence-electron chi connectivity index (χ3n) is 4.97. The van der Waals surface area contributed by atoms with Crippen LogP contribution in [0.5, 0.6) is 0 Å². The Morgan fingerprint density at radius 3 is 2.69 bits per heavy atom. The summed E-state index contributed by atoms with van der Waals surface area (Å²) in [5.41, 5.74) is 4.29. The van der Waals surface area contributed by atoms with E-state index in [0.29, 0.717) is 5.69 Å². The van der Waals surface area contributed by atoms with Crippen LogP contribution in [0.3, 0.4) is 0 Å². The van der Waals surface area contributed by atoms with Crippen molar-refractivity contribution in [3.63, 3.8) is 0 Å². The number of benzene rings is 2. The van der Waals surface area contributed by atoms with E-state index in [0.717, 1.165) is 33.8 Å². The van der Waals surface area contributed by atoms with Crippen molar-refractivity contribution in [1.29, 1.82) is 0 Å². The van der Waals surface area contributed by atoms with Gasteiger partial charge in [0.2, 0.25) is 0 Å². The van der Waals surface area contributed by atoms with Gasteiger partial charge in [-0.3, -0.25) is 9.78 Å². The molecule has 5 rings (SSSR count). The summed E-state index contributed by atoms with van der Waals surface area (Å²) in [6.45, 7) is 3.04. The number of carbonyl (C=O) groups excluding carboxylic acids is 1. The van der Waals surface area contributed by atoms with Crippen molar-refractivity contribution < 1.29 is 4.79 Å². The Balaban J connectivity index is 1.47. The third kappa shape index (κ3) is 3.07. The zero-order valence-electron chi connectivity index (χ0n) is 15.8. The number of rotatable bonds is 4. The van der Waals surface area contributed by atoms with Gasteiger partial charge >= 0.3 is 0 Å². The van der Waals surface area contributed by atoms with E-state index >= 15 is 0 Å². The first-order chi connectivity index (χ1) is 14.2. The number of para-hydroxylation sites is 1. The van der Waals surface area contributed by atoms with Gasteiger partial charge in [-0.05, 0) is 43.3 Å². The average Bonchev–Trinajstić information content (AvgIpc) is 3.37. The first kappa shape index (κ1) is 17.6. The molecule has 2 aromatic carbocycles. The number of thiazole rings is 1. The highest BCUT2D eigenvalue weighted by Gasteiger charge is 2.14. The highest BCUT2D eigenvalue weighted by molar-refractivity contribution is 7.13. The fourth-order valence-corrected chi connectivity index (χ4v) is 4.43. The van der Waals surface area contributed by atoms with Crippen LogP contribution in [0.4, 0.5) is 5.69 Å². The highest BCUT2D eigenvalue weighted by Crippen LogP contribution is 2.31. The summed E-state index contributed by atoms with van der Waals surface area (Å²) in [5.74, 6) is -0.220. The molecule has 3 aromatic heterocycles. The van der Waals surface area contributed by atoms with E-state index in [-0.39, 0.29) is 5.91 Å². The predicted octanol–water partition coefficient (Wildman–Crippen LogP) is 5.59. The molecule has 0 radical (unpaired) electrons. The molecular weight excluding hydrogens is 380 g/mol. The molecule has 29 heavy (non-hydrogen) atoms. The summed E-state index contributed by atoms with van der Waals surface area (Å²) in [6.07, 6.45) is 1.72. The van der Waals surface area contributed by atoms with E-state index in [1.807, 2.05) is 36.4 Å². The molecular formula is C23H18N4OS. The molecule has 0 spiro atoms. The monoisotopic (exact) mass is 398 g/mol. The maximum absolute atomic E-state index is 12.7. The Labute approximate surface area is 171 Å². The Bertz CT molecular complexity index is 1340. The zero-order chi connectivity index (χ0) is 19.8. The number of fused-ring (bicyclic) bond motifs is 3. The van der Waals surface area contributed by atoms with Crippen molar-refractivity contribution >= 4 is 44.7 Å². The topological polar surface area (TPSA) is 59.8 Å². The fourth-order valence-electron chi connectivity index (χ4n) is 3.65. The molecule has 0 saturated carbocycles. The standard InChI is InChI=1S/C23H18N4OS/c1-2-27-20-9-4-3-7-16(20)17-13-15(10-11-21(17)27)25-22(28)19-14-29-23(26-19)18-8-5-6-12-24-18/h3-14H,2H2,1H3,(H,25,28). The van der Waals surface area contributed by atoms with E-state index in [9.17, 15) is 4.79 Å². The molecule has 0 aliphatic rings. The molecule has 3 heterocycles. The van der Waals surface area contributed by atoms with E-state index in [2.05, 4.69) is 51.0 Å². The van der Waals surface area contributed by atoms with Gasteiger partial charge in [0, 0.05) is 45.6 Å². The Morgan fingerprint density at radius 2 is 1.86 bits per heavy atom. The lowest BCUT2D eigenvalue weighted by Gasteiger charge is -2.05. The van der Waals surface area contributed by atoms with Crippen LogP contribution in [0.2, 0.25) is 0 Å². The normalized spacial score (nSPS) is 11.2. The van der Waals surface area contributed by atoms with Crippen LogP contribution in [0.1, 0.15) is 17.4 Å². The van der Waals surface area contributed by atoms with E-state index in [4.69, 9.17) is 0 Å². The summed E-state index contributed by atoms with van der Waals surface area (Å²) >= 11 is 1.41. The number of nitrogens with zero attached hydrogens (tertiary/aromatic N) is 3. The molecule has 0 fully saturated rings. The van der Waals surface area contributed by atoms with Crippen molar-refractivity contribution in [3.05, 3.63) is 77.9 Å². The molecule has 6 heteroatoms. The molecule has 142 valence electrons. The maximum Gasteiger partial charge on any atom is 0.275 e. The van der Waals surface area contributed by atoms with Crippen molar-refractivity contribution in [1.82, 2.24) is 14.5 Å². The lowest BCUT2D eigenvalue weighted by Crippen LogP contribution is -2.12. The molecule has 1 N–H and O–H groups in total. The molecule has 0 saturated heterocycles. The number of nitrogens with one attached hydrogen (secondary N) is 1. The number of carbonyl (C=O) groups is 1. The SMILES string of the molecule is CCn1c2ccccc2c2cc(NC(=O)c3csc(-c4ccccn4)n3)ccc21. The van der Waals surface area contributed by atoms with Crippen LogP contribution in [-0.4, -0.2) is 20.4 Å². The minimum absolute atomic E-state index is 0.220. The van der Waals surface area contributed by atoms with Gasteiger partial charge in [-0.25, -0.2) is 4.98 Å². The highest BCUT2D eigenvalue weighted by atomic mass is 32.1. The fraction of sp³-hybridized carbons (Fsp3) is 0.0870. The van der Waals surface area contributed by atoms with Crippen molar-refractivity contribution in [2.45, 2.75) is 13.5 Å². The van der Waals surface area contributed by atoms with Crippen molar-refractivity contribution in [3.8, 4) is 10.7 Å². The largest absolute Gasteiger partial charge is 0.341 e. The van der Waals surface area contributed by atoms with E-state index < -0.39 is 0 Å². The van der Waals surface area contributed by atoms with Gasteiger partial charge in [-0.15, -0.1) is 11.3 Å².